The first-order valence-electron chi connectivity index (χ1n) is 7.28. The quantitative estimate of drug-likeness (QED) is 0.475. The molecule has 7 heteroatoms. The molecule has 0 aliphatic carbocycles. The van der Waals surface area contributed by atoms with Crippen LogP contribution in [-0.2, 0) is 16.0 Å². The van der Waals surface area contributed by atoms with Gasteiger partial charge in [0.05, 0.1) is 19.1 Å². The normalized spacial score (nSPS) is 10.1. The highest BCUT2D eigenvalue weighted by atomic mass is 16.6. The third-order valence-corrected chi connectivity index (χ3v) is 3.47. The molecule has 0 saturated heterocycles. The van der Waals surface area contributed by atoms with Crippen molar-refractivity contribution in [1.29, 1.82) is 0 Å². The van der Waals surface area contributed by atoms with E-state index in [0.717, 1.165) is 5.56 Å². The van der Waals surface area contributed by atoms with E-state index in [1.54, 1.807) is 43.5 Å². The Bertz CT molecular complexity index is 728. The van der Waals surface area contributed by atoms with Crippen molar-refractivity contribution < 1.29 is 19.2 Å². The lowest BCUT2D eigenvalue weighted by Gasteiger charge is -2.10. The lowest BCUT2D eigenvalue weighted by atomic mass is 10.1. The number of nitrogens with one attached hydrogen (secondary N) is 1. The fourth-order valence-corrected chi connectivity index (χ4v) is 2.18. The summed E-state index contributed by atoms with van der Waals surface area (Å²) in [6, 6.07) is 11.8. The van der Waals surface area contributed by atoms with Gasteiger partial charge in [-0.25, -0.2) is 0 Å². The first kappa shape index (κ1) is 17.3. The van der Waals surface area contributed by atoms with Gasteiger partial charge in [0, 0.05) is 18.2 Å². The van der Waals surface area contributed by atoms with Gasteiger partial charge in [0.25, 0.3) is 5.69 Å². The summed E-state index contributed by atoms with van der Waals surface area (Å²) in [5.74, 6) is 0.375. The Kier molecular flexibility index (Phi) is 5.73. The van der Waals surface area contributed by atoms with E-state index in [0.29, 0.717) is 23.5 Å². The molecule has 126 valence electrons. The molecular formula is C17H18N2O5. The van der Waals surface area contributed by atoms with Crippen LogP contribution in [0.1, 0.15) is 12.0 Å². The molecule has 2 aromatic rings. The molecule has 0 spiro atoms. The topological polar surface area (TPSA) is 90.7 Å². The molecule has 0 atom stereocenters. The summed E-state index contributed by atoms with van der Waals surface area (Å²) in [5, 5.41) is 14.2. The number of nitro groups is 1. The number of benzene rings is 2. The summed E-state index contributed by atoms with van der Waals surface area (Å²) in [4.78, 5) is 22.0. The number of rotatable bonds is 7. The molecule has 7 nitrogen and oxygen atoms in total. The van der Waals surface area contributed by atoms with Crippen LogP contribution >= 0.6 is 0 Å². The van der Waals surface area contributed by atoms with Crippen LogP contribution in [0.25, 0.3) is 0 Å². The molecule has 0 aromatic heterocycles. The number of anilines is 2. The van der Waals surface area contributed by atoms with Crippen molar-refractivity contribution in [2.24, 2.45) is 0 Å². The van der Waals surface area contributed by atoms with Crippen LogP contribution in [-0.4, -0.2) is 25.1 Å². The lowest BCUT2D eigenvalue weighted by Crippen LogP contribution is -2.03. The predicted octanol–water partition coefficient (Wildman–Crippen LogP) is 3.45. The second-order valence-corrected chi connectivity index (χ2v) is 5.04. The summed E-state index contributed by atoms with van der Waals surface area (Å²) in [5.41, 5.74) is 1.84. The Morgan fingerprint density at radius 1 is 1.17 bits per heavy atom. The van der Waals surface area contributed by atoms with Gasteiger partial charge < -0.3 is 14.8 Å². The van der Waals surface area contributed by atoms with E-state index in [4.69, 9.17) is 4.74 Å². The largest absolute Gasteiger partial charge is 0.497 e. The number of esters is 1. The van der Waals surface area contributed by atoms with Gasteiger partial charge in [0.2, 0.25) is 0 Å². The first-order chi connectivity index (χ1) is 11.5. The Hall–Kier alpha value is -3.09. The van der Waals surface area contributed by atoms with Gasteiger partial charge >= 0.3 is 5.97 Å². The minimum absolute atomic E-state index is 0.0346. The fourth-order valence-electron chi connectivity index (χ4n) is 2.18. The van der Waals surface area contributed by atoms with Crippen LogP contribution < -0.4 is 10.1 Å². The molecule has 0 radical (unpaired) electrons. The molecule has 0 saturated carbocycles. The van der Waals surface area contributed by atoms with Gasteiger partial charge in [0.15, 0.2) is 0 Å². The summed E-state index contributed by atoms with van der Waals surface area (Å²) in [7, 11) is 2.90. The van der Waals surface area contributed by atoms with Crippen LogP contribution in [0.2, 0.25) is 0 Å². The molecule has 0 bridgehead atoms. The van der Waals surface area contributed by atoms with Crippen molar-refractivity contribution in [1.82, 2.24) is 0 Å². The summed E-state index contributed by atoms with van der Waals surface area (Å²) in [6.45, 7) is 0. The Morgan fingerprint density at radius 2 is 1.88 bits per heavy atom. The smallest absolute Gasteiger partial charge is 0.305 e. The van der Waals surface area contributed by atoms with Gasteiger partial charge in [-0.3, -0.25) is 14.9 Å². The van der Waals surface area contributed by atoms with Gasteiger partial charge in [-0.2, -0.15) is 0 Å². The second-order valence-electron chi connectivity index (χ2n) is 5.04. The highest BCUT2D eigenvalue weighted by Crippen LogP contribution is 2.29. The summed E-state index contributed by atoms with van der Waals surface area (Å²) < 4.78 is 9.69. The third kappa shape index (κ3) is 4.45. The number of nitro benzene ring substituents is 1. The molecule has 1 N–H and O–H groups in total. The van der Waals surface area contributed by atoms with Gasteiger partial charge in [-0.1, -0.05) is 6.07 Å². The van der Waals surface area contributed by atoms with E-state index in [2.05, 4.69) is 10.1 Å². The number of aryl methyl sites for hydroxylation is 1. The Morgan fingerprint density at radius 3 is 2.46 bits per heavy atom. The van der Waals surface area contributed by atoms with Crippen molar-refractivity contribution in [3.8, 4) is 5.75 Å². The molecule has 0 unspecified atom stereocenters. The molecule has 24 heavy (non-hydrogen) atoms. The SMILES string of the molecule is COC(=O)CCc1ccc([N+](=O)[O-])c(Nc2ccc(OC)cc2)c1. The average molecular weight is 330 g/mol. The summed E-state index contributed by atoms with van der Waals surface area (Å²) in [6.07, 6.45) is 0.665. The first-order valence-corrected chi connectivity index (χ1v) is 7.28. The minimum Gasteiger partial charge on any atom is -0.497 e. The van der Waals surface area contributed by atoms with Crippen LogP contribution in [0.15, 0.2) is 42.5 Å². The monoisotopic (exact) mass is 330 g/mol. The molecule has 0 aliphatic rings. The average Bonchev–Trinajstić information content (AvgIpc) is 2.60. The molecule has 2 rings (SSSR count). The Labute approximate surface area is 139 Å². The number of carbonyl (C=O) groups is 1. The van der Waals surface area contributed by atoms with Gasteiger partial charge in [0.1, 0.15) is 11.4 Å². The van der Waals surface area contributed by atoms with Crippen LogP contribution in [0.3, 0.4) is 0 Å². The molecule has 2 aromatic carbocycles. The van der Waals surface area contributed by atoms with Crippen molar-refractivity contribution in [3.05, 3.63) is 58.1 Å². The zero-order valence-electron chi connectivity index (χ0n) is 13.4. The maximum absolute atomic E-state index is 11.2. The molecule has 0 fully saturated rings. The standard InChI is InChI=1S/C17H18N2O5/c1-23-14-7-5-13(6-8-14)18-15-11-12(4-10-17(20)24-2)3-9-16(15)19(21)22/h3,5-9,11,18H,4,10H2,1-2H3. The van der Waals surface area contributed by atoms with E-state index in [1.807, 2.05) is 0 Å². The van der Waals surface area contributed by atoms with E-state index in [1.165, 1.54) is 13.2 Å². The fraction of sp³-hybridized carbons (Fsp3) is 0.235. The van der Waals surface area contributed by atoms with Crippen LogP contribution in [0, 0.1) is 10.1 Å². The maximum atomic E-state index is 11.2. The zero-order valence-corrected chi connectivity index (χ0v) is 13.4. The van der Waals surface area contributed by atoms with Crippen LogP contribution in [0.4, 0.5) is 17.1 Å². The van der Waals surface area contributed by atoms with E-state index in [9.17, 15) is 14.9 Å². The zero-order chi connectivity index (χ0) is 17.5. The maximum Gasteiger partial charge on any atom is 0.305 e. The lowest BCUT2D eigenvalue weighted by molar-refractivity contribution is -0.383. The van der Waals surface area contributed by atoms with Crippen molar-refractivity contribution in [2.75, 3.05) is 19.5 Å². The Balaban J connectivity index is 2.23. The predicted molar refractivity (Wildman–Crippen MR) is 89.7 cm³/mol. The van der Waals surface area contributed by atoms with E-state index < -0.39 is 4.92 Å². The van der Waals surface area contributed by atoms with Crippen molar-refractivity contribution in [3.63, 3.8) is 0 Å². The van der Waals surface area contributed by atoms with Crippen molar-refractivity contribution >= 4 is 23.0 Å². The number of methoxy groups -OCH3 is 2. The number of nitrogens with zero attached hydrogens (tertiary/aromatic N) is 1. The van der Waals surface area contributed by atoms with E-state index >= 15 is 0 Å². The number of hydrogen-bond donors (Lipinski definition) is 1. The van der Waals surface area contributed by atoms with Gasteiger partial charge in [-0.05, 0) is 42.3 Å². The van der Waals surface area contributed by atoms with E-state index in [-0.39, 0.29) is 18.1 Å². The third-order valence-electron chi connectivity index (χ3n) is 3.47. The van der Waals surface area contributed by atoms with Gasteiger partial charge in [-0.15, -0.1) is 0 Å². The minimum atomic E-state index is -0.448. The van der Waals surface area contributed by atoms with Crippen molar-refractivity contribution in [2.45, 2.75) is 12.8 Å². The molecule has 0 heterocycles. The number of ether oxygens (including phenoxy) is 2. The van der Waals surface area contributed by atoms with Crippen LogP contribution in [0.5, 0.6) is 5.75 Å². The number of hydrogen-bond acceptors (Lipinski definition) is 6. The highest BCUT2D eigenvalue weighted by molar-refractivity contribution is 5.72. The molecule has 0 amide bonds. The highest BCUT2D eigenvalue weighted by Gasteiger charge is 2.15. The second kappa shape index (κ2) is 7.96. The molecule has 0 aliphatic heterocycles. The summed E-state index contributed by atoms with van der Waals surface area (Å²) >= 11 is 0. The number of carbonyl (C=O) groups excluding carboxylic acids is 1. The molecular weight excluding hydrogens is 312 g/mol.